The van der Waals surface area contributed by atoms with Gasteiger partial charge in [0.15, 0.2) is 0 Å². The van der Waals surface area contributed by atoms with Gasteiger partial charge in [-0.2, -0.15) is 0 Å². The monoisotopic (exact) mass is 429 g/mol. The van der Waals surface area contributed by atoms with E-state index in [9.17, 15) is 9.59 Å². The number of carbonyl (C=O) groups excluding carboxylic acids is 2. The highest BCUT2D eigenvalue weighted by atomic mass is 16.2. The van der Waals surface area contributed by atoms with Crippen molar-refractivity contribution in [3.05, 3.63) is 35.9 Å². The van der Waals surface area contributed by atoms with Crippen LogP contribution in [-0.2, 0) is 11.3 Å². The Labute approximate surface area is 187 Å². The molecule has 0 bridgehead atoms. The van der Waals surface area contributed by atoms with Gasteiger partial charge in [0.25, 0.3) is 0 Å². The zero-order chi connectivity index (χ0) is 22.2. The van der Waals surface area contributed by atoms with Gasteiger partial charge in [-0.15, -0.1) is 0 Å². The fourth-order valence-corrected chi connectivity index (χ4v) is 4.65. The second-order valence-corrected chi connectivity index (χ2v) is 9.06. The van der Waals surface area contributed by atoms with E-state index in [1.807, 2.05) is 35.2 Å². The van der Waals surface area contributed by atoms with Crippen LogP contribution in [0.4, 0.5) is 4.79 Å². The summed E-state index contributed by atoms with van der Waals surface area (Å²) in [5.41, 5.74) is 1.11. The van der Waals surface area contributed by atoms with Gasteiger partial charge in [-0.05, 0) is 32.3 Å². The van der Waals surface area contributed by atoms with Crippen LogP contribution in [0.1, 0.15) is 38.7 Å². The van der Waals surface area contributed by atoms with Crippen molar-refractivity contribution in [2.75, 3.05) is 52.9 Å². The molecular weight excluding hydrogens is 390 g/mol. The highest BCUT2D eigenvalue weighted by molar-refractivity contribution is 5.78. The van der Waals surface area contributed by atoms with Gasteiger partial charge in [-0.3, -0.25) is 14.6 Å². The van der Waals surface area contributed by atoms with Crippen LogP contribution >= 0.6 is 0 Å². The van der Waals surface area contributed by atoms with Crippen molar-refractivity contribution in [1.29, 1.82) is 0 Å². The molecule has 2 fully saturated rings. The number of piperazine rings is 1. The SMILES string of the molecule is CC1CCC(C)N1CCN1CCN(C(=O)NCCC(=O)N(C)Cc2ccccc2)CC1. The van der Waals surface area contributed by atoms with E-state index in [2.05, 4.69) is 29.0 Å². The van der Waals surface area contributed by atoms with Crippen LogP contribution in [0.25, 0.3) is 0 Å². The molecule has 0 spiro atoms. The summed E-state index contributed by atoms with van der Waals surface area (Å²) in [6.07, 6.45) is 2.93. The van der Waals surface area contributed by atoms with Crippen LogP contribution in [0.15, 0.2) is 30.3 Å². The number of hydrogen-bond donors (Lipinski definition) is 1. The number of nitrogens with zero attached hydrogens (tertiary/aromatic N) is 4. The molecule has 3 rings (SSSR count). The Kier molecular flexibility index (Phi) is 8.72. The van der Waals surface area contributed by atoms with Crippen LogP contribution in [0.5, 0.6) is 0 Å². The second-order valence-electron chi connectivity index (χ2n) is 9.06. The van der Waals surface area contributed by atoms with Crippen LogP contribution in [0.2, 0.25) is 0 Å². The highest BCUT2D eigenvalue weighted by Crippen LogP contribution is 2.22. The Morgan fingerprint density at radius 2 is 1.65 bits per heavy atom. The molecule has 1 aromatic rings. The lowest BCUT2D eigenvalue weighted by molar-refractivity contribution is -0.130. The Balaban J connectivity index is 1.29. The normalized spacial score (nSPS) is 22.5. The van der Waals surface area contributed by atoms with Crippen molar-refractivity contribution in [3.63, 3.8) is 0 Å². The Morgan fingerprint density at radius 1 is 1.00 bits per heavy atom. The molecule has 2 unspecified atom stereocenters. The summed E-state index contributed by atoms with van der Waals surface area (Å²) in [4.78, 5) is 33.4. The van der Waals surface area contributed by atoms with Crippen LogP contribution in [-0.4, -0.2) is 96.5 Å². The van der Waals surface area contributed by atoms with Gasteiger partial charge < -0.3 is 15.1 Å². The molecular formula is C24H39N5O2. The lowest BCUT2D eigenvalue weighted by Gasteiger charge is -2.36. The van der Waals surface area contributed by atoms with Crippen LogP contribution in [0.3, 0.4) is 0 Å². The molecule has 172 valence electrons. The molecule has 1 aromatic carbocycles. The van der Waals surface area contributed by atoms with E-state index in [0.29, 0.717) is 31.6 Å². The number of amides is 3. The first kappa shape index (κ1) is 23.5. The van der Waals surface area contributed by atoms with E-state index >= 15 is 0 Å². The number of rotatable bonds is 8. The number of hydrogen-bond acceptors (Lipinski definition) is 4. The molecule has 2 aliphatic rings. The van der Waals surface area contributed by atoms with E-state index in [4.69, 9.17) is 0 Å². The van der Waals surface area contributed by atoms with Gasteiger partial charge in [-0.25, -0.2) is 4.79 Å². The standard InChI is InChI=1S/C24H39N5O2/c1-20-9-10-21(2)29(20)18-15-27-13-16-28(17-14-27)24(31)25-12-11-23(30)26(3)19-22-7-5-4-6-8-22/h4-8,20-21H,9-19H2,1-3H3,(H,25,31). The summed E-state index contributed by atoms with van der Waals surface area (Å²) in [6, 6.07) is 11.3. The average Bonchev–Trinajstić information content (AvgIpc) is 3.10. The molecule has 31 heavy (non-hydrogen) atoms. The maximum absolute atomic E-state index is 12.5. The first-order valence-corrected chi connectivity index (χ1v) is 11.7. The fraction of sp³-hybridized carbons (Fsp3) is 0.667. The van der Waals surface area contributed by atoms with E-state index in [1.54, 1.807) is 11.9 Å². The average molecular weight is 430 g/mol. The predicted molar refractivity (Wildman–Crippen MR) is 124 cm³/mol. The van der Waals surface area contributed by atoms with Crippen molar-refractivity contribution in [2.45, 2.75) is 51.7 Å². The molecule has 2 atom stereocenters. The quantitative estimate of drug-likeness (QED) is 0.689. The van der Waals surface area contributed by atoms with E-state index < -0.39 is 0 Å². The minimum Gasteiger partial charge on any atom is -0.341 e. The molecule has 0 aliphatic carbocycles. The number of nitrogens with one attached hydrogen (secondary N) is 1. The summed E-state index contributed by atoms with van der Waals surface area (Å²) in [7, 11) is 1.81. The molecule has 7 heteroatoms. The van der Waals surface area contributed by atoms with Gasteiger partial charge in [0.2, 0.25) is 5.91 Å². The smallest absolute Gasteiger partial charge is 0.317 e. The third-order valence-electron chi connectivity index (χ3n) is 6.77. The molecule has 2 heterocycles. The molecule has 2 aliphatic heterocycles. The molecule has 0 radical (unpaired) electrons. The van der Waals surface area contributed by atoms with Crippen molar-refractivity contribution < 1.29 is 9.59 Å². The van der Waals surface area contributed by atoms with Gasteiger partial charge >= 0.3 is 6.03 Å². The van der Waals surface area contributed by atoms with Crippen molar-refractivity contribution in [3.8, 4) is 0 Å². The van der Waals surface area contributed by atoms with Crippen molar-refractivity contribution >= 4 is 11.9 Å². The van der Waals surface area contributed by atoms with Gasteiger partial charge in [-0.1, -0.05) is 30.3 Å². The molecule has 1 N–H and O–H groups in total. The molecule has 7 nitrogen and oxygen atoms in total. The summed E-state index contributed by atoms with van der Waals surface area (Å²) < 4.78 is 0. The van der Waals surface area contributed by atoms with E-state index in [1.165, 1.54) is 12.8 Å². The third kappa shape index (κ3) is 6.94. The first-order chi connectivity index (χ1) is 14.9. The number of carbonyl (C=O) groups is 2. The highest BCUT2D eigenvalue weighted by Gasteiger charge is 2.28. The predicted octanol–water partition coefficient (Wildman–Crippen LogP) is 2.24. The number of benzene rings is 1. The lowest BCUT2D eigenvalue weighted by atomic mass is 10.2. The fourth-order valence-electron chi connectivity index (χ4n) is 4.65. The summed E-state index contributed by atoms with van der Waals surface area (Å²) in [6.45, 7) is 11.2. The first-order valence-electron chi connectivity index (χ1n) is 11.7. The van der Waals surface area contributed by atoms with Gasteiger partial charge in [0.1, 0.15) is 0 Å². The minimum atomic E-state index is -0.0556. The van der Waals surface area contributed by atoms with Gasteiger partial charge in [0.05, 0.1) is 0 Å². The lowest BCUT2D eigenvalue weighted by Crippen LogP contribution is -2.53. The van der Waals surface area contributed by atoms with Crippen molar-refractivity contribution in [1.82, 2.24) is 24.9 Å². The van der Waals surface area contributed by atoms with Crippen LogP contribution < -0.4 is 5.32 Å². The summed E-state index contributed by atoms with van der Waals surface area (Å²) in [5.74, 6) is 0.0411. The zero-order valence-corrected chi connectivity index (χ0v) is 19.4. The second kappa shape index (κ2) is 11.5. The zero-order valence-electron chi connectivity index (χ0n) is 19.4. The largest absolute Gasteiger partial charge is 0.341 e. The number of likely N-dealkylation sites (tertiary alicyclic amines) is 1. The topological polar surface area (TPSA) is 59.1 Å². The van der Waals surface area contributed by atoms with E-state index in [0.717, 1.165) is 44.8 Å². The summed E-state index contributed by atoms with van der Waals surface area (Å²) in [5, 5.41) is 2.92. The maximum atomic E-state index is 12.5. The van der Waals surface area contributed by atoms with Crippen molar-refractivity contribution in [2.24, 2.45) is 0 Å². The third-order valence-corrected chi connectivity index (χ3v) is 6.77. The number of urea groups is 1. The Bertz CT molecular complexity index is 695. The molecule has 3 amide bonds. The van der Waals surface area contributed by atoms with Crippen LogP contribution in [0, 0.1) is 0 Å². The molecule has 0 aromatic heterocycles. The van der Waals surface area contributed by atoms with Gasteiger partial charge in [0, 0.05) is 77.9 Å². The molecule has 2 saturated heterocycles. The maximum Gasteiger partial charge on any atom is 0.317 e. The Morgan fingerprint density at radius 3 is 2.29 bits per heavy atom. The molecule has 0 saturated carbocycles. The minimum absolute atomic E-state index is 0.0411. The van der Waals surface area contributed by atoms with E-state index in [-0.39, 0.29) is 11.9 Å². The Hall–Kier alpha value is -2.12. The summed E-state index contributed by atoms with van der Waals surface area (Å²) >= 11 is 0.